The van der Waals surface area contributed by atoms with Crippen molar-refractivity contribution >= 4 is 17.6 Å². The number of nitrogens with two attached hydrogens (primary N) is 1. The van der Waals surface area contributed by atoms with Gasteiger partial charge in [0.2, 0.25) is 0 Å². The predicted octanol–water partition coefficient (Wildman–Crippen LogP) is 1.59. The van der Waals surface area contributed by atoms with Gasteiger partial charge in [-0.15, -0.1) is 11.6 Å². The van der Waals surface area contributed by atoms with Gasteiger partial charge in [-0.25, -0.2) is 0 Å². The molecule has 0 aliphatic heterocycles. The van der Waals surface area contributed by atoms with E-state index in [2.05, 4.69) is 0 Å². The maximum atomic E-state index is 10.4. The van der Waals surface area contributed by atoms with E-state index >= 15 is 0 Å². The molecule has 1 aliphatic carbocycles. The van der Waals surface area contributed by atoms with Crippen LogP contribution in [-0.4, -0.2) is 22.5 Å². The summed E-state index contributed by atoms with van der Waals surface area (Å²) in [6, 6.07) is -0.278. The van der Waals surface area contributed by atoms with E-state index in [1.54, 1.807) is 0 Å². The first kappa shape index (κ1) is 10.8. The molecule has 1 aliphatic rings. The minimum absolute atomic E-state index is 0.0356. The fraction of sp³-hybridized carbons (Fsp3) is 0.889. The molecular weight excluding hydrogens is 190 g/mol. The SMILES string of the molecule is NC(CC(=O)O)C1CCCCC1Cl. The Hall–Kier alpha value is -0.280. The normalized spacial score (nSPS) is 31.2. The predicted molar refractivity (Wildman–Crippen MR) is 51.8 cm³/mol. The summed E-state index contributed by atoms with van der Waals surface area (Å²) in [4.78, 5) is 10.4. The summed E-state index contributed by atoms with van der Waals surface area (Å²) in [5.41, 5.74) is 5.77. The zero-order valence-electron chi connectivity index (χ0n) is 7.58. The third-order valence-corrected chi connectivity index (χ3v) is 3.23. The van der Waals surface area contributed by atoms with E-state index in [1.165, 1.54) is 0 Å². The van der Waals surface area contributed by atoms with Gasteiger partial charge in [0, 0.05) is 11.4 Å². The number of alkyl halides is 1. The molecule has 3 nitrogen and oxygen atoms in total. The van der Waals surface area contributed by atoms with Crippen molar-refractivity contribution in [3.63, 3.8) is 0 Å². The van der Waals surface area contributed by atoms with E-state index in [-0.39, 0.29) is 23.8 Å². The van der Waals surface area contributed by atoms with E-state index in [0.717, 1.165) is 25.7 Å². The number of hydrogen-bond acceptors (Lipinski definition) is 2. The zero-order valence-corrected chi connectivity index (χ0v) is 8.33. The highest BCUT2D eigenvalue weighted by molar-refractivity contribution is 6.20. The van der Waals surface area contributed by atoms with E-state index in [9.17, 15) is 4.79 Å². The molecule has 4 heteroatoms. The Labute approximate surface area is 83.3 Å². The fourth-order valence-electron chi connectivity index (χ4n) is 1.95. The Morgan fingerprint density at radius 3 is 2.69 bits per heavy atom. The second-order valence-corrected chi connectivity index (χ2v) is 4.29. The van der Waals surface area contributed by atoms with Gasteiger partial charge in [0.15, 0.2) is 0 Å². The molecule has 3 atom stereocenters. The van der Waals surface area contributed by atoms with Gasteiger partial charge in [-0.3, -0.25) is 4.79 Å². The van der Waals surface area contributed by atoms with Crippen LogP contribution in [0.25, 0.3) is 0 Å². The largest absolute Gasteiger partial charge is 0.481 e. The van der Waals surface area contributed by atoms with Gasteiger partial charge in [-0.2, -0.15) is 0 Å². The molecule has 1 fully saturated rings. The van der Waals surface area contributed by atoms with Crippen molar-refractivity contribution in [2.24, 2.45) is 11.7 Å². The maximum Gasteiger partial charge on any atom is 0.304 e. The molecular formula is C9H16ClNO2. The Morgan fingerprint density at radius 2 is 2.15 bits per heavy atom. The monoisotopic (exact) mass is 205 g/mol. The third kappa shape index (κ3) is 3.16. The molecule has 0 saturated heterocycles. The van der Waals surface area contributed by atoms with Crippen molar-refractivity contribution in [2.45, 2.75) is 43.5 Å². The molecule has 0 bridgehead atoms. The smallest absolute Gasteiger partial charge is 0.304 e. The van der Waals surface area contributed by atoms with Crippen molar-refractivity contribution in [3.8, 4) is 0 Å². The van der Waals surface area contributed by atoms with Crippen LogP contribution >= 0.6 is 11.6 Å². The average Bonchev–Trinajstić information content (AvgIpc) is 2.03. The maximum absolute atomic E-state index is 10.4. The number of carbonyl (C=O) groups is 1. The van der Waals surface area contributed by atoms with Crippen LogP contribution in [0.2, 0.25) is 0 Å². The first-order valence-electron chi connectivity index (χ1n) is 4.72. The number of rotatable bonds is 3. The van der Waals surface area contributed by atoms with Crippen LogP contribution in [0.5, 0.6) is 0 Å². The Morgan fingerprint density at radius 1 is 1.54 bits per heavy atom. The zero-order chi connectivity index (χ0) is 9.84. The highest BCUT2D eigenvalue weighted by Crippen LogP contribution is 2.31. The Kier molecular flexibility index (Phi) is 4.00. The van der Waals surface area contributed by atoms with E-state index in [4.69, 9.17) is 22.4 Å². The average molecular weight is 206 g/mol. The number of hydrogen-bond donors (Lipinski definition) is 2. The van der Waals surface area contributed by atoms with Crippen molar-refractivity contribution < 1.29 is 9.90 Å². The van der Waals surface area contributed by atoms with Gasteiger partial charge in [0.05, 0.1) is 6.42 Å². The van der Waals surface area contributed by atoms with E-state index < -0.39 is 5.97 Å². The number of carboxylic acid groups (broad SMARTS) is 1. The van der Waals surface area contributed by atoms with Gasteiger partial charge < -0.3 is 10.8 Å². The third-order valence-electron chi connectivity index (χ3n) is 2.69. The first-order valence-corrected chi connectivity index (χ1v) is 5.16. The van der Waals surface area contributed by atoms with Crippen LogP contribution in [0.3, 0.4) is 0 Å². The van der Waals surface area contributed by atoms with Gasteiger partial charge in [0.25, 0.3) is 0 Å². The fourth-order valence-corrected chi connectivity index (χ4v) is 2.42. The second-order valence-electron chi connectivity index (χ2n) is 3.73. The molecule has 1 saturated carbocycles. The van der Waals surface area contributed by atoms with Crippen molar-refractivity contribution in [1.82, 2.24) is 0 Å². The number of halogens is 1. The van der Waals surface area contributed by atoms with Crippen LogP contribution in [0.1, 0.15) is 32.1 Å². The molecule has 3 N–H and O–H groups in total. The molecule has 0 radical (unpaired) electrons. The van der Waals surface area contributed by atoms with Crippen molar-refractivity contribution in [3.05, 3.63) is 0 Å². The lowest BCUT2D eigenvalue weighted by molar-refractivity contribution is -0.137. The summed E-state index contributed by atoms with van der Waals surface area (Å²) < 4.78 is 0. The Bertz CT molecular complexity index is 186. The van der Waals surface area contributed by atoms with Crippen LogP contribution in [-0.2, 0) is 4.79 Å². The molecule has 13 heavy (non-hydrogen) atoms. The molecule has 0 heterocycles. The van der Waals surface area contributed by atoms with Crippen molar-refractivity contribution in [1.29, 1.82) is 0 Å². The summed E-state index contributed by atoms with van der Waals surface area (Å²) in [5.74, 6) is -0.645. The van der Waals surface area contributed by atoms with Crippen LogP contribution in [0.15, 0.2) is 0 Å². The Balaban J connectivity index is 2.43. The minimum Gasteiger partial charge on any atom is -0.481 e. The summed E-state index contributed by atoms with van der Waals surface area (Å²) in [6.45, 7) is 0. The van der Waals surface area contributed by atoms with Crippen molar-refractivity contribution in [2.75, 3.05) is 0 Å². The molecule has 0 aromatic heterocycles. The summed E-state index contributed by atoms with van der Waals surface area (Å²) >= 11 is 6.09. The molecule has 0 amide bonds. The van der Waals surface area contributed by atoms with E-state index in [0.29, 0.717) is 0 Å². The van der Waals surface area contributed by atoms with Gasteiger partial charge in [-0.1, -0.05) is 12.8 Å². The highest BCUT2D eigenvalue weighted by Gasteiger charge is 2.29. The molecule has 0 spiro atoms. The van der Waals surface area contributed by atoms with Gasteiger partial charge in [-0.05, 0) is 18.8 Å². The highest BCUT2D eigenvalue weighted by atomic mass is 35.5. The van der Waals surface area contributed by atoms with E-state index in [1.807, 2.05) is 0 Å². The molecule has 1 rings (SSSR count). The molecule has 76 valence electrons. The van der Waals surface area contributed by atoms with Crippen LogP contribution in [0.4, 0.5) is 0 Å². The lowest BCUT2D eigenvalue weighted by Gasteiger charge is -2.31. The van der Waals surface area contributed by atoms with Gasteiger partial charge in [0.1, 0.15) is 0 Å². The number of carboxylic acids is 1. The summed E-state index contributed by atoms with van der Waals surface area (Å²) in [6.07, 6.45) is 4.25. The molecule has 3 unspecified atom stereocenters. The standard InChI is InChI=1S/C9H16ClNO2/c10-7-4-2-1-3-6(7)8(11)5-9(12)13/h6-8H,1-5,11H2,(H,12,13). The second kappa shape index (κ2) is 4.82. The number of aliphatic carboxylic acids is 1. The summed E-state index contributed by atoms with van der Waals surface area (Å²) in [7, 11) is 0. The lowest BCUT2D eigenvalue weighted by atomic mass is 9.82. The van der Waals surface area contributed by atoms with Gasteiger partial charge >= 0.3 is 5.97 Å². The minimum atomic E-state index is -0.832. The van der Waals surface area contributed by atoms with Crippen LogP contribution < -0.4 is 5.73 Å². The molecule has 0 aromatic rings. The van der Waals surface area contributed by atoms with Crippen LogP contribution in [0, 0.1) is 5.92 Å². The first-order chi connectivity index (χ1) is 6.11. The quantitative estimate of drug-likeness (QED) is 0.688. The molecule has 0 aromatic carbocycles. The lowest BCUT2D eigenvalue weighted by Crippen LogP contribution is -2.39. The topological polar surface area (TPSA) is 63.3 Å². The summed E-state index contributed by atoms with van der Waals surface area (Å²) in [5, 5.41) is 8.65.